The average Bonchev–Trinajstić information content (AvgIpc) is 3.67. The van der Waals surface area contributed by atoms with Gasteiger partial charge in [-0.25, -0.2) is 9.78 Å². The number of hydrogen-bond donors (Lipinski definition) is 0. The van der Waals surface area contributed by atoms with E-state index in [0.717, 1.165) is 68.2 Å². The van der Waals surface area contributed by atoms with Crippen LogP contribution in [0.3, 0.4) is 0 Å². The van der Waals surface area contributed by atoms with Crippen molar-refractivity contribution >= 4 is 11.7 Å². The van der Waals surface area contributed by atoms with Gasteiger partial charge in [-0.3, -0.25) is 9.80 Å². The van der Waals surface area contributed by atoms with Crippen LogP contribution >= 0.6 is 0 Å². The Morgan fingerprint density at radius 1 is 0.868 bits per heavy atom. The molecule has 2 aliphatic heterocycles. The van der Waals surface area contributed by atoms with Gasteiger partial charge in [-0.05, 0) is 41.3 Å². The Morgan fingerprint density at radius 2 is 1.58 bits per heavy atom. The highest BCUT2D eigenvalue weighted by Gasteiger charge is 2.30. The molecule has 6 rings (SSSR count). The van der Waals surface area contributed by atoms with E-state index >= 15 is 0 Å². The summed E-state index contributed by atoms with van der Waals surface area (Å²) in [7, 11) is 0. The number of piperazine rings is 1. The highest BCUT2D eigenvalue weighted by atomic mass is 16.5. The van der Waals surface area contributed by atoms with Gasteiger partial charge in [-0.1, -0.05) is 60.7 Å². The van der Waals surface area contributed by atoms with E-state index in [-0.39, 0.29) is 12.1 Å². The number of imidazole rings is 1. The molecule has 0 aliphatic carbocycles. The molecule has 3 aromatic carbocycles. The first kappa shape index (κ1) is 24.4. The fourth-order valence-corrected chi connectivity index (χ4v) is 5.43. The van der Waals surface area contributed by atoms with E-state index in [1.807, 2.05) is 32.7 Å². The predicted octanol–water partition coefficient (Wildman–Crippen LogP) is 4.78. The van der Waals surface area contributed by atoms with Crippen LogP contribution in [0.2, 0.25) is 0 Å². The first-order chi connectivity index (χ1) is 18.8. The number of fused-ring (bicyclic) bond motifs is 1. The minimum Gasteiger partial charge on any atom is -0.367 e. The van der Waals surface area contributed by atoms with Crippen LogP contribution in [0.15, 0.2) is 97.6 Å². The predicted molar refractivity (Wildman–Crippen MR) is 149 cm³/mol. The fourth-order valence-electron chi connectivity index (χ4n) is 5.43. The van der Waals surface area contributed by atoms with Crippen molar-refractivity contribution in [3.63, 3.8) is 0 Å². The monoisotopic (exact) mass is 507 g/mol. The van der Waals surface area contributed by atoms with Crippen molar-refractivity contribution in [2.24, 2.45) is 0 Å². The summed E-state index contributed by atoms with van der Waals surface area (Å²) in [6.07, 6.45) is 6.32. The van der Waals surface area contributed by atoms with Crippen LogP contribution in [-0.4, -0.2) is 71.3 Å². The van der Waals surface area contributed by atoms with Gasteiger partial charge in [0, 0.05) is 63.0 Å². The Bertz CT molecular complexity index is 1300. The lowest BCUT2D eigenvalue weighted by molar-refractivity contribution is 0.0495. The van der Waals surface area contributed by atoms with Crippen LogP contribution in [0.1, 0.15) is 22.8 Å². The van der Waals surface area contributed by atoms with Gasteiger partial charge in [0.05, 0.1) is 12.9 Å². The third kappa shape index (κ3) is 5.21. The van der Waals surface area contributed by atoms with Crippen LogP contribution in [0, 0.1) is 0 Å². The highest BCUT2D eigenvalue weighted by Crippen LogP contribution is 2.31. The van der Waals surface area contributed by atoms with Crippen molar-refractivity contribution in [1.29, 1.82) is 0 Å². The summed E-state index contributed by atoms with van der Waals surface area (Å²) in [5.41, 5.74) is 5.65. The molecular formula is C31H33N5O2. The van der Waals surface area contributed by atoms with Crippen molar-refractivity contribution in [2.45, 2.75) is 12.5 Å². The molecule has 1 saturated heterocycles. The smallest absolute Gasteiger partial charge is 0.324 e. The van der Waals surface area contributed by atoms with Crippen molar-refractivity contribution in [3.05, 3.63) is 114 Å². The van der Waals surface area contributed by atoms with Crippen molar-refractivity contribution in [2.75, 3.05) is 50.8 Å². The lowest BCUT2D eigenvalue weighted by Gasteiger charge is -2.37. The van der Waals surface area contributed by atoms with Crippen LogP contribution < -0.4 is 4.90 Å². The van der Waals surface area contributed by atoms with Crippen molar-refractivity contribution < 1.29 is 9.53 Å². The summed E-state index contributed by atoms with van der Waals surface area (Å²) in [6.45, 7) is 5.41. The van der Waals surface area contributed by atoms with E-state index in [2.05, 4.69) is 76.6 Å². The molecule has 7 nitrogen and oxygen atoms in total. The van der Waals surface area contributed by atoms with Crippen molar-refractivity contribution in [1.82, 2.24) is 19.4 Å². The number of hydrogen-bond acceptors (Lipinski definition) is 4. The van der Waals surface area contributed by atoms with E-state index in [0.29, 0.717) is 6.61 Å². The zero-order valence-electron chi connectivity index (χ0n) is 21.5. The third-order valence-corrected chi connectivity index (χ3v) is 7.53. The number of benzene rings is 3. The number of rotatable bonds is 7. The topological polar surface area (TPSA) is 53.8 Å². The van der Waals surface area contributed by atoms with Crippen LogP contribution in [0.4, 0.5) is 10.5 Å². The number of carbonyl (C=O) groups is 1. The van der Waals surface area contributed by atoms with E-state index in [9.17, 15) is 4.79 Å². The average molecular weight is 508 g/mol. The Balaban J connectivity index is 1.02. The SMILES string of the molecule is O=C(N1CCN(CCOC(c2ccccc2)c2ccccc2)CC1)N1CCc2cc(-n3ccnc3)ccc21. The number of amides is 2. The summed E-state index contributed by atoms with van der Waals surface area (Å²) >= 11 is 0. The third-order valence-electron chi connectivity index (χ3n) is 7.53. The minimum atomic E-state index is -0.0789. The van der Waals surface area contributed by atoms with Gasteiger partial charge in [-0.15, -0.1) is 0 Å². The van der Waals surface area contributed by atoms with Gasteiger partial charge in [-0.2, -0.15) is 0 Å². The van der Waals surface area contributed by atoms with Gasteiger partial charge in [0.1, 0.15) is 6.10 Å². The van der Waals surface area contributed by atoms with E-state index < -0.39 is 0 Å². The molecule has 3 heterocycles. The molecule has 194 valence electrons. The minimum absolute atomic E-state index is 0.0789. The lowest BCUT2D eigenvalue weighted by Crippen LogP contribution is -2.53. The number of anilines is 1. The molecule has 0 unspecified atom stereocenters. The second-order valence-corrected chi connectivity index (χ2v) is 9.87. The highest BCUT2D eigenvalue weighted by molar-refractivity contribution is 5.94. The molecular weight excluding hydrogens is 474 g/mol. The molecule has 7 heteroatoms. The number of urea groups is 1. The summed E-state index contributed by atoms with van der Waals surface area (Å²) in [5, 5.41) is 0. The summed E-state index contributed by atoms with van der Waals surface area (Å²) in [6, 6.07) is 27.2. The zero-order valence-corrected chi connectivity index (χ0v) is 21.5. The molecule has 0 saturated carbocycles. The standard InChI is InChI=1S/C31H33N5O2/c37-31(36-15-13-27-23-28(11-12-29(27)36)35-16-14-32-24-35)34-19-17-33(18-20-34)21-22-38-30(25-7-3-1-4-8-25)26-9-5-2-6-10-26/h1-12,14,16,23-24,30H,13,15,17-22H2. The van der Waals surface area contributed by atoms with Crippen LogP contribution in [-0.2, 0) is 11.2 Å². The molecule has 2 amide bonds. The Labute approximate surface area is 223 Å². The lowest BCUT2D eigenvalue weighted by atomic mass is 10.0. The van der Waals surface area contributed by atoms with E-state index in [1.165, 1.54) is 5.56 Å². The van der Waals surface area contributed by atoms with Gasteiger partial charge >= 0.3 is 6.03 Å². The maximum absolute atomic E-state index is 13.4. The first-order valence-corrected chi connectivity index (χ1v) is 13.4. The molecule has 0 atom stereocenters. The first-order valence-electron chi connectivity index (χ1n) is 13.4. The number of nitrogens with zero attached hydrogens (tertiary/aromatic N) is 5. The maximum Gasteiger partial charge on any atom is 0.324 e. The second kappa shape index (κ2) is 11.2. The number of aromatic nitrogens is 2. The Hall–Kier alpha value is -3.94. The van der Waals surface area contributed by atoms with E-state index in [4.69, 9.17) is 4.74 Å². The molecule has 0 bridgehead atoms. The quantitative estimate of drug-likeness (QED) is 0.361. The summed E-state index contributed by atoms with van der Waals surface area (Å²) < 4.78 is 8.41. The second-order valence-electron chi connectivity index (χ2n) is 9.87. The van der Waals surface area contributed by atoms with Crippen LogP contribution in [0.5, 0.6) is 0 Å². The van der Waals surface area contributed by atoms with Gasteiger partial charge in [0.2, 0.25) is 0 Å². The molecule has 1 fully saturated rings. The molecule has 1 aromatic heterocycles. The van der Waals surface area contributed by atoms with E-state index in [1.54, 1.807) is 12.5 Å². The molecule has 0 spiro atoms. The largest absolute Gasteiger partial charge is 0.367 e. The maximum atomic E-state index is 13.4. The van der Waals surface area contributed by atoms with Crippen molar-refractivity contribution in [3.8, 4) is 5.69 Å². The fraction of sp³-hybridized carbons (Fsp3) is 0.290. The Morgan fingerprint density at radius 3 is 2.24 bits per heavy atom. The Kier molecular flexibility index (Phi) is 7.20. The van der Waals surface area contributed by atoms with Gasteiger partial charge in [0.15, 0.2) is 0 Å². The van der Waals surface area contributed by atoms with Gasteiger partial charge in [0.25, 0.3) is 0 Å². The van der Waals surface area contributed by atoms with Gasteiger partial charge < -0.3 is 14.2 Å². The van der Waals surface area contributed by atoms with Crippen LogP contribution in [0.25, 0.3) is 5.69 Å². The molecule has 4 aromatic rings. The molecule has 2 aliphatic rings. The normalized spacial score (nSPS) is 15.7. The summed E-state index contributed by atoms with van der Waals surface area (Å²) in [5.74, 6) is 0. The zero-order chi connectivity index (χ0) is 25.7. The number of carbonyl (C=O) groups excluding carboxylic acids is 1. The molecule has 0 radical (unpaired) electrons. The number of ether oxygens (including phenoxy) is 1. The molecule has 0 N–H and O–H groups in total. The summed E-state index contributed by atoms with van der Waals surface area (Å²) in [4.78, 5) is 23.9. The molecule has 38 heavy (non-hydrogen) atoms.